The minimum atomic E-state index is -4.11. The fraction of sp³-hybridized carbons (Fsp3) is 1.00. The molecule has 0 heterocycles. The fourth-order valence-electron chi connectivity index (χ4n) is 1.70. The van der Waals surface area contributed by atoms with Gasteiger partial charge in [0.25, 0.3) is 0 Å². The molecule has 0 spiro atoms. The van der Waals surface area contributed by atoms with Crippen LogP contribution in [0.3, 0.4) is 0 Å². The van der Waals surface area contributed by atoms with Gasteiger partial charge in [0.15, 0.2) is 0 Å². The van der Waals surface area contributed by atoms with E-state index in [4.69, 9.17) is 19.6 Å². The van der Waals surface area contributed by atoms with E-state index >= 15 is 0 Å². The second-order valence-electron chi connectivity index (χ2n) is 3.85. The smallest absolute Gasteiger partial charge is 0.351 e. The molecule has 0 amide bonds. The molecule has 0 aromatic heterocycles. The quantitative estimate of drug-likeness (QED) is 0.578. The van der Waals surface area contributed by atoms with Crippen molar-refractivity contribution in [3.05, 3.63) is 0 Å². The second kappa shape index (κ2) is 4.29. The Morgan fingerprint density at radius 3 is 2.64 bits per heavy atom. The molecule has 2 atom stereocenters. The van der Waals surface area contributed by atoms with Gasteiger partial charge in [0.2, 0.25) is 0 Å². The van der Waals surface area contributed by atoms with E-state index in [1.54, 1.807) is 0 Å². The average Bonchev–Trinajstić information content (AvgIpc) is 2.76. The van der Waals surface area contributed by atoms with Crippen LogP contribution in [0.2, 0.25) is 0 Å². The van der Waals surface area contributed by atoms with Crippen LogP contribution in [0.25, 0.3) is 0 Å². The summed E-state index contributed by atoms with van der Waals surface area (Å²) in [5.41, 5.74) is -0.670. The van der Waals surface area contributed by atoms with E-state index in [0.717, 1.165) is 12.8 Å². The molecule has 0 aliphatic heterocycles. The molecule has 0 bridgehead atoms. The van der Waals surface area contributed by atoms with Gasteiger partial charge in [-0.1, -0.05) is 13.3 Å². The highest BCUT2D eigenvalue weighted by Crippen LogP contribution is 2.51. The zero-order chi connectivity index (χ0) is 10.8. The zero-order valence-corrected chi connectivity index (χ0v) is 9.11. The number of hydrogen-bond donors (Lipinski definition) is 3. The van der Waals surface area contributed by atoms with E-state index < -0.39 is 19.5 Å². The molecule has 84 valence electrons. The first-order valence-corrected chi connectivity index (χ1v) is 6.52. The monoisotopic (exact) mass is 224 g/mol. The maximum atomic E-state index is 10.6. The molecule has 14 heavy (non-hydrogen) atoms. The van der Waals surface area contributed by atoms with Crippen LogP contribution in [0.5, 0.6) is 0 Å². The van der Waals surface area contributed by atoms with Crippen molar-refractivity contribution in [3.8, 4) is 0 Å². The Labute approximate surface area is 83.2 Å². The molecule has 0 aromatic carbocycles. The zero-order valence-electron chi connectivity index (χ0n) is 8.22. The molecule has 1 rings (SSSR count). The third-order valence-corrected chi connectivity index (χ3v) is 3.07. The van der Waals surface area contributed by atoms with Gasteiger partial charge in [-0.25, -0.2) is 0 Å². The number of aliphatic hydroxyl groups excluding tert-OH is 1. The van der Waals surface area contributed by atoms with E-state index in [2.05, 4.69) is 0 Å². The van der Waals surface area contributed by atoms with Crippen LogP contribution >= 0.6 is 7.60 Å². The van der Waals surface area contributed by atoms with Crippen LogP contribution in [-0.2, 0) is 9.30 Å². The molecule has 6 heteroatoms. The highest BCUT2D eigenvalue weighted by molar-refractivity contribution is 7.51. The largest absolute Gasteiger partial charge is 0.393 e. The molecule has 0 unspecified atom stereocenters. The minimum absolute atomic E-state index is 0.155. The lowest BCUT2D eigenvalue weighted by Gasteiger charge is -2.16. The van der Waals surface area contributed by atoms with Crippen LogP contribution in [0, 0.1) is 5.92 Å². The molecule has 0 saturated heterocycles. The summed E-state index contributed by atoms with van der Waals surface area (Å²) in [5.74, 6) is 0.254. The molecule has 1 aliphatic carbocycles. The third-order valence-electron chi connectivity index (χ3n) is 2.60. The Bertz CT molecular complexity index is 238. The number of hydrogen-bond acceptors (Lipinski definition) is 3. The van der Waals surface area contributed by atoms with Crippen molar-refractivity contribution < 1.29 is 24.2 Å². The van der Waals surface area contributed by atoms with E-state index in [1.807, 2.05) is 6.92 Å². The summed E-state index contributed by atoms with van der Waals surface area (Å²) in [6, 6.07) is 0. The first-order valence-electron chi connectivity index (χ1n) is 4.73. The van der Waals surface area contributed by atoms with E-state index in [0.29, 0.717) is 6.42 Å². The van der Waals surface area contributed by atoms with Gasteiger partial charge in [0.1, 0.15) is 6.35 Å². The summed E-state index contributed by atoms with van der Waals surface area (Å²) < 4.78 is 15.7. The van der Waals surface area contributed by atoms with Crippen LogP contribution in [0.15, 0.2) is 0 Å². The minimum Gasteiger partial charge on any atom is -0.393 e. The Morgan fingerprint density at radius 2 is 2.21 bits per heavy atom. The fourth-order valence-corrected chi connectivity index (χ4v) is 2.13. The predicted octanol–water partition coefficient (Wildman–Crippen LogP) is 0.689. The van der Waals surface area contributed by atoms with Gasteiger partial charge in [-0.2, -0.15) is 0 Å². The molecule has 0 aromatic rings. The Kier molecular flexibility index (Phi) is 3.72. The van der Waals surface area contributed by atoms with Gasteiger partial charge in [-0.15, -0.1) is 0 Å². The Balaban J connectivity index is 2.39. The summed E-state index contributed by atoms with van der Waals surface area (Å²) in [6.07, 6.45) is 2.04. The summed E-state index contributed by atoms with van der Waals surface area (Å²) >= 11 is 0. The molecule has 1 saturated carbocycles. The normalized spacial score (nSPS) is 31.9. The summed E-state index contributed by atoms with van der Waals surface area (Å²) in [6.45, 7) is 1.88. The van der Waals surface area contributed by atoms with E-state index in [-0.39, 0.29) is 12.5 Å². The van der Waals surface area contributed by atoms with Crippen molar-refractivity contribution in [2.75, 3.05) is 13.0 Å². The molecule has 1 fully saturated rings. The lowest BCUT2D eigenvalue weighted by atomic mass is 10.2. The van der Waals surface area contributed by atoms with Gasteiger partial charge in [0.05, 0.1) is 12.2 Å². The van der Waals surface area contributed by atoms with Crippen LogP contribution in [0.4, 0.5) is 0 Å². The van der Waals surface area contributed by atoms with Gasteiger partial charge in [-0.05, 0) is 18.8 Å². The third kappa shape index (κ3) is 3.04. The second-order valence-corrected chi connectivity index (χ2v) is 5.44. The number of aliphatic hydroxyl groups is 1. The maximum Gasteiger partial charge on any atom is 0.351 e. The van der Waals surface area contributed by atoms with Crippen molar-refractivity contribution in [1.82, 2.24) is 0 Å². The lowest BCUT2D eigenvalue weighted by Crippen LogP contribution is -2.23. The Morgan fingerprint density at radius 1 is 1.57 bits per heavy atom. The SMILES string of the molecule is CCC[C@@H]1C[C@@]1(CO)OCP(=O)(O)O. The van der Waals surface area contributed by atoms with Crippen molar-refractivity contribution in [3.63, 3.8) is 0 Å². The predicted molar refractivity (Wildman–Crippen MR) is 50.8 cm³/mol. The molecular formula is C8H17O5P. The van der Waals surface area contributed by atoms with Crippen LogP contribution < -0.4 is 0 Å². The highest BCUT2D eigenvalue weighted by atomic mass is 31.2. The average molecular weight is 224 g/mol. The summed E-state index contributed by atoms with van der Waals surface area (Å²) in [7, 11) is -4.11. The summed E-state index contributed by atoms with van der Waals surface area (Å²) in [4.78, 5) is 17.2. The molecule has 1 aliphatic rings. The topological polar surface area (TPSA) is 87.0 Å². The van der Waals surface area contributed by atoms with Crippen molar-refractivity contribution >= 4 is 7.60 Å². The number of rotatable bonds is 6. The standard InChI is InChI=1S/C8H17O5P/c1-2-3-7-4-8(7,5-9)13-6-14(10,11)12/h7,9H,2-6H2,1H3,(H2,10,11,12)/t7-,8+/m1/s1. The van der Waals surface area contributed by atoms with E-state index in [1.165, 1.54) is 0 Å². The van der Waals surface area contributed by atoms with Crippen molar-refractivity contribution in [1.29, 1.82) is 0 Å². The maximum absolute atomic E-state index is 10.6. The molecule has 3 N–H and O–H groups in total. The van der Waals surface area contributed by atoms with Gasteiger partial charge < -0.3 is 19.6 Å². The molecule has 5 nitrogen and oxygen atoms in total. The Hall–Kier alpha value is 0.0700. The van der Waals surface area contributed by atoms with E-state index in [9.17, 15) is 4.57 Å². The van der Waals surface area contributed by atoms with Crippen LogP contribution in [-0.4, -0.2) is 33.4 Å². The highest BCUT2D eigenvalue weighted by Gasteiger charge is 2.55. The van der Waals surface area contributed by atoms with Crippen LogP contribution in [0.1, 0.15) is 26.2 Å². The lowest BCUT2D eigenvalue weighted by molar-refractivity contribution is -0.00263. The number of ether oxygens (including phenoxy) is 1. The van der Waals surface area contributed by atoms with Gasteiger partial charge in [0, 0.05) is 0 Å². The first kappa shape index (κ1) is 12.1. The molecule has 0 radical (unpaired) electrons. The van der Waals surface area contributed by atoms with Crippen molar-refractivity contribution in [2.24, 2.45) is 5.92 Å². The van der Waals surface area contributed by atoms with Crippen molar-refractivity contribution in [2.45, 2.75) is 31.8 Å². The van der Waals surface area contributed by atoms with Gasteiger partial charge in [-0.3, -0.25) is 4.57 Å². The molecular weight excluding hydrogens is 207 g/mol. The van der Waals surface area contributed by atoms with Gasteiger partial charge >= 0.3 is 7.60 Å². The summed E-state index contributed by atoms with van der Waals surface area (Å²) in [5, 5.41) is 9.07. The first-order chi connectivity index (χ1) is 6.43.